The van der Waals surface area contributed by atoms with Gasteiger partial charge in [0.2, 0.25) is 0 Å². The molecule has 0 saturated heterocycles. The van der Waals surface area contributed by atoms with Gasteiger partial charge in [0, 0.05) is 6.92 Å². The Labute approximate surface area is 77.8 Å². The Kier molecular flexibility index (Phi) is 7.95. The van der Waals surface area contributed by atoms with E-state index in [9.17, 15) is 13.2 Å². The lowest BCUT2D eigenvalue weighted by molar-refractivity contribution is -0.131. The molecule has 13 heavy (non-hydrogen) atoms. The van der Waals surface area contributed by atoms with Crippen LogP contribution in [0.2, 0.25) is 0 Å². The minimum absolute atomic E-state index is 0.937. The summed E-state index contributed by atoms with van der Waals surface area (Å²) in [5.41, 5.74) is 0. The van der Waals surface area contributed by atoms with E-state index < -0.39 is 27.6 Å². The van der Waals surface area contributed by atoms with Crippen LogP contribution in [0.25, 0.3) is 0 Å². The van der Waals surface area contributed by atoms with E-state index in [1.165, 1.54) is 0 Å². The van der Waals surface area contributed by atoms with Crippen LogP contribution in [0, 0.1) is 0 Å². The second-order valence-corrected chi connectivity index (χ2v) is 3.33. The van der Waals surface area contributed by atoms with E-state index in [1.807, 2.05) is 0 Å². The quantitative estimate of drug-likeness (QED) is 0.555. The van der Waals surface area contributed by atoms with E-state index in [2.05, 4.69) is 13.5 Å². The minimum atomic E-state index is -4.07. The molecule has 0 spiro atoms. The Bertz CT molecular complexity index is 269. The van der Waals surface area contributed by atoms with Gasteiger partial charge in [-0.1, -0.05) is 0 Å². The van der Waals surface area contributed by atoms with E-state index in [-0.39, 0.29) is 0 Å². The predicted molar refractivity (Wildman–Crippen MR) is 40.8 cm³/mol. The van der Waals surface area contributed by atoms with Gasteiger partial charge in [-0.25, -0.2) is 4.21 Å². The first kappa shape index (κ1) is 14.9. The zero-order chi connectivity index (χ0) is 11.1. The third kappa shape index (κ3) is 24.6. The van der Waals surface area contributed by atoms with Gasteiger partial charge in [0.25, 0.3) is 0 Å². The Morgan fingerprint density at radius 1 is 1.54 bits per heavy atom. The second kappa shape index (κ2) is 6.91. The van der Waals surface area contributed by atoms with E-state index in [4.69, 9.17) is 8.76 Å². The smallest absolute Gasteiger partial charge is 0.382 e. The lowest BCUT2D eigenvalue weighted by Gasteiger charge is -1.94. The Balaban J connectivity index is 0. The van der Waals surface area contributed by atoms with Crippen LogP contribution < -0.4 is 5.14 Å². The van der Waals surface area contributed by atoms with Gasteiger partial charge in [-0.05, 0) is 0 Å². The molecule has 0 amide bonds. The van der Waals surface area contributed by atoms with Crippen LogP contribution >= 0.6 is 0 Å². The van der Waals surface area contributed by atoms with Crippen molar-refractivity contribution >= 4 is 27.6 Å². The van der Waals surface area contributed by atoms with Crippen molar-refractivity contribution in [2.75, 3.05) is 7.11 Å². The average Bonchev–Trinajstić information content (AvgIpc) is 1.83. The molecule has 0 aliphatic heterocycles. The molecule has 10 heteroatoms. The molecule has 0 saturated carbocycles. The average molecular weight is 234 g/mol. The molecule has 0 aromatic heterocycles. The van der Waals surface area contributed by atoms with Gasteiger partial charge in [0.05, 0.1) is 18.5 Å². The molecule has 0 fully saturated rings. The first-order valence-corrected chi connectivity index (χ1v) is 5.02. The fourth-order valence-corrected chi connectivity index (χ4v) is 0.491. The molecule has 1 unspecified atom stereocenters. The maximum atomic E-state index is 9.78. The topological polar surface area (TPSA) is 136 Å². The maximum absolute atomic E-state index is 9.78. The number of hydrogen-bond donors (Lipinski definition) is 1. The first-order chi connectivity index (χ1) is 5.69. The van der Waals surface area contributed by atoms with Gasteiger partial charge in [-0.3, -0.25) is 4.79 Å². The van der Waals surface area contributed by atoms with Gasteiger partial charge < -0.3 is 12.9 Å². The Hall–Kier alpha value is -0.550. The van der Waals surface area contributed by atoms with Gasteiger partial charge in [-0.15, -0.1) is 0 Å². The van der Waals surface area contributed by atoms with Crippen LogP contribution in [0.4, 0.5) is 0 Å². The number of carbonyl (C=O) groups excluding carboxylic acids is 1. The minimum Gasteiger partial charge on any atom is -0.750 e. The van der Waals surface area contributed by atoms with Crippen molar-refractivity contribution in [1.82, 2.24) is 0 Å². The third-order valence-electron chi connectivity index (χ3n) is 0.370. The first-order valence-electron chi connectivity index (χ1n) is 2.55. The van der Waals surface area contributed by atoms with Crippen molar-refractivity contribution in [3.05, 3.63) is 0 Å². The van der Waals surface area contributed by atoms with E-state index in [0.29, 0.717) is 0 Å². The van der Waals surface area contributed by atoms with Crippen molar-refractivity contribution in [1.29, 1.82) is 0 Å². The molecular weight excluding hydrogens is 226 g/mol. The zero-order valence-corrected chi connectivity index (χ0v) is 8.38. The Morgan fingerprint density at radius 3 is 1.85 bits per heavy atom. The SMILES string of the molecule is CC(=O)OS(N)(=O)=O.COS(=O)[O-]. The van der Waals surface area contributed by atoms with Crippen molar-refractivity contribution < 1.29 is 30.3 Å². The summed E-state index contributed by atoms with van der Waals surface area (Å²) < 4.78 is 45.1. The van der Waals surface area contributed by atoms with Crippen LogP contribution in [-0.4, -0.2) is 30.3 Å². The largest absolute Gasteiger partial charge is 0.750 e. The summed E-state index contributed by atoms with van der Waals surface area (Å²) in [6.45, 7) is 0.949. The molecular formula is C3H8NO7S2-. The second-order valence-electron chi connectivity index (χ2n) is 1.44. The molecule has 1 atom stereocenters. The molecule has 80 valence electrons. The molecule has 0 aliphatic rings. The van der Waals surface area contributed by atoms with E-state index in [0.717, 1.165) is 14.0 Å². The van der Waals surface area contributed by atoms with Crippen molar-refractivity contribution in [3.63, 3.8) is 0 Å². The highest BCUT2D eigenvalue weighted by Gasteiger charge is 2.03. The van der Waals surface area contributed by atoms with Crippen LogP contribution in [0.3, 0.4) is 0 Å². The number of nitrogens with two attached hydrogens (primary N) is 1. The van der Waals surface area contributed by atoms with E-state index in [1.54, 1.807) is 0 Å². The predicted octanol–water partition coefficient (Wildman–Crippen LogP) is -1.82. The number of carbonyl (C=O) groups is 1. The molecule has 0 rings (SSSR count). The van der Waals surface area contributed by atoms with Crippen LogP contribution in [0.15, 0.2) is 0 Å². The molecule has 0 bridgehead atoms. The highest BCUT2D eigenvalue weighted by molar-refractivity contribution is 7.84. The Morgan fingerprint density at radius 2 is 1.85 bits per heavy atom. The highest BCUT2D eigenvalue weighted by Crippen LogP contribution is 1.80. The molecule has 0 aromatic rings. The van der Waals surface area contributed by atoms with Gasteiger partial charge in [0.15, 0.2) is 0 Å². The third-order valence-corrected chi connectivity index (χ3v) is 1.11. The van der Waals surface area contributed by atoms with Crippen molar-refractivity contribution in [3.8, 4) is 0 Å². The lowest BCUT2D eigenvalue weighted by atomic mass is 10.9. The molecule has 0 aromatic carbocycles. The summed E-state index contributed by atoms with van der Waals surface area (Å²) in [4.78, 5) is 9.78. The monoisotopic (exact) mass is 234 g/mol. The van der Waals surface area contributed by atoms with Crippen LogP contribution in [0.1, 0.15) is 6.92 Å². The van der Waals surface area contributed by atoms with Crippen molar-refractivity contribution in [2.45, 2.75) is 6.92 Å². The van der Waals surface area contributed by atoms with Crippen LogP contribution in [0.5, 0.6) is 0 Å². The molecule has 2 N–H and O–H groups in total. The van der Waals surface area contributed by atoms with Gasteiger partial charge in [-0.2, -0.15) is 13.6 Å². The molecule has 8 nitrogen and oxygen atoms in total. The number of rotatable bonds is 2. The summed E-state index contributed by atoms with van der Waals surface area (Å²) >= 11 is -2.32. The van der Waals surface area contributed by atoms with E-state index >= 15 is 0 Å². The zero-order valence-electron chi connectivity index (χ0n) is 6.75. The molecule has 0 radical (unpaired) electrons. The summed E-state index contributed by atoms with van der Waals surface area (Å²) in [5.74, 6) is -0.937. The summed E-state index contributed by atoms with van der Waals surface area (Å²) in [6, 6.07) is 0. The molecule has 0 heterocycles. The standard InChI is InChI=1S/C2H5NO4S.CH4O3S/c1-2(4)7-8(3,5)6;1-4-5(2)3/h1H3,(H2,3,5,6);1H3,(H,2,3)/p-1. The fraction of sp³-hybridized carbons (Fsp3) is 0.667. The fourth-order valence-electron chi connectivity index (χ4n) is 0.164. The highest BCUT2D eigenvalue weighted by atomic mass is 32.2. The van der Waals surface area contributed by atoms with Crippen LogP contribution in [-0.2, 0) is 34.8 Å². The number of hydrogen-bond acceptors (Lipinski definition) is 7. The van der Waals surface area contributed by atoms with Gasteiger partial charge >= 0.3 is 16.3 Å². The summed E-state index contributed by atoms with van der Waals surface area (Å²) in [6.07, 6.45) is 0. The normalized spacial score (nSPS) is 12.3. The maximum Gasteiger partial charge on any atom is 0.382 e. The summed E-state index contributed by atoms with van der Waals surface area (Å²) in [5, 5.41) is 4.27. The summed E-state index contributed by atoms with van der Waals surface area (Å²) in [7, 11) is -2.99. The lowest BCUT2D eigenvalue weighted by Crippen LogP contribution is -2.18. The van der Waals surface area contributed by atoms with Gasteiger partial charge in [0.1, 0.15) is 0 Å². The van der Waals surface area contributed by atoms with Crippen molar-refractivity contribution in [2.24, 2.45) is 5.14 Å². The molecule has 0 aliphatic carbocycles.